The highest BCUT2D eigenvalue weighted by Crippen LogP contribution is 2.20. The minimum absolute atomic E-state index is 0.104. The average Bonchev–Trinajstić information content (AvgIpc) is 2.65. The summed E-state index contributed by atoms with van der Waals surface area (Å²) in [4.78, 5) is 15.0. The predicted molar refractivity (Wildman–Crippen MR) is 62.4 cm³/mol. The quantitative estimate of drug-likeness (QED) is 0.653. The molecule has 0 unspecified atom stereocenters. The Bertz CT molecular complexity index is 507. The molecule has 0 saturated heterocycles. The van der Waals surface area contributed by atoms with Gasteiger partial charge >= 0.3 is 0 Å². The van der Waals surface area contributed by atoms with E-state index in [2.05, 4.69) is 4.98 Å². The van der Waals surface area contributed by atoms with Gasteiger partial charge in [0.1, 0.15) is 0 Å². The molecule has 82 valence electrons. The van der Waals surface area contributed by atoms with Gasteiger partial charge in [0, 0.05) is 29.6 Å². The van der Waals surface area contributed by atoms with Crippen LogP contribution in [-0.2, 0) is 6.42 Å². The van der Waals surface area contributed by atoms with E-state index in [4.69, 9.17) is 5.73 Å². The van der Waals surface area contributed by atoms with Crippen LogP contribution in [0.3, 0.4) is 0 Å². The topological polar surface area (TPSA) is 82.0 Å². The van der Waals surface area contributed by atoms with E-state index in [-0.39, 0.29) is 5.69 Å². The Kier molecular flexibility index (Phi) is 2.82. The summed E-state index contributed by atoms with van der Waals surface area (Å²) in [7, 11) is 0. The molecule has 16 heavy (non-hydrogen) atoms. The van der Waals surface area contributed by atoms with Crippen LogP contribution in [0.15, 0.2) is 30.5 Å². The molecule has 1 aromatic heterocycles. The van der Waals surface area contributed by atoms with Crippen molar-refractivity contribution in [1.29, 1.82) is 0 Å². The highest BCUT2D eigenvalue weighted by atomic mass is 32.1. The lowest BCUT2D eigenvalue weighted by Gasteiger charge is -1.97. The van der Waals surface area contributed by atoms with Gasteiger partial charge in [-0.05, 0) is 5.56 Å². The fraction of sp³-hybridized carbons (Fsp3) is 0.100. The molecule has 0 aliphatic heterocycles. The third-order valence-corrected chi connectivity index (χ3v) is 2.92. The fourth-order valence-corrected chi connectivity index (χ4v) is 2.06. The Morgan fingerprint density at radius 1 is 1.38 bits per heavy atom. The van der Waals surface area contributed by atoms with E-state index < -0.39 is 4.92 Å². The number of hydrogen-bond donors (Lipinski definition) is 1. The number of hydrogen-bond acceptors (Lipinski definition) is 5. The lowest BCUT2D eigenvalue weighted by Crippen LogP contribution is -1.89. The van der Waals surface area contributed by atoms with Gasteiger partial charge < -0.3 is 5.73 Å². The number of nitro benzene ring substituents is 1. The number of non-ortho nitro benzene ring substituents is 1. The minimum atomic E-state index is -0.408. The number of nitrogens with two attached hydrogens (primary N) is 1. The van der Waals surface area contributed by atoms with Crippen molar-refractivity contribution in [3.05, 3.63) is 51.0 Å². The van der Waals surface area contributed by atoms with Crippen LogP contribution in [0.25, 0.3) is 0 Å². The van der Waals surface area contributed by atoms with Gasteiger partial charge in [-0.15, -0.1) is 11.3 Å². The van der Waals surface area contributed by atoms with Crippen molar-refractivity contribution in [3.8, 4) is 0 Å². The summed E-state index contributed by atoms with van der Waals surface area (Å²) < 4.78 is 0. The molecule has 0 radical (unpaired) electrons. The van der Waals surface area contributed by atoms with Gasteiger partial charge in [0.05, 0.1) is 4.92 Å². The molecule has 0 aliphatic rings. The molecule has 1 heterocycles. The lowest BCUT2D eigenvalue weighted by atomic mass is 10.1. The third-order valence-electron chi connectivity index (χ3n) is 2.10. The minimum Gasteiger partial charge on any atom is -0.375 e. The lowest BCUT2D eigenvalue weighted by molar-refractivity contribution is -0.384. The molecule has 0 fully saturated rings. The van der Waals surface area contributed by atoms with Crippen LogP contribution < -0.4 is 5.73 Å². The van der Waals surface area contributed by atoms with E-state index in [0.29, 0.717) is 11.6 Å². The van der Waals surface area contributed by atoms with E-state index in [9.17, 15) is 10.1 Å². The first-order chi connectivity index (χ1) is 7.65. The Morgan fingerprint density at radius 2 is 2.06 bits per heavy atom. The van der Waals surface area contributed by atoms with Crippen molar-refractivity contribution in [2.75, 3.05) is 5.73 Å². The van der Waals surface area contributed by atoms with Gasteiger partial charge in [-0.1, -0.05) is 12.1 Å². The number of aromatic nitrogens is 1. The number of nitrogen functional groups attached to an aromatic ring is 1. The molecule has 2 N–H and O–H groups in total. The number of nitrogens with zero attached hydrogens (tertiary/aromatic N) is 2. The number of nitro groups is 1. The predicted octanol–water partition coefficient (Wildman–Crippen LogP) is 2.22. The van der Waals surface area contributed by atoms with Crippen molar-refractivity contribution in [1.82, 2.24) is 4.98 Å². The summed E-state index contributed by atoms with van der Waals surface area (Å²) in [6.07, 6.45) is 2.42. The third kappa shape index (κ3) is 2.34. The molecule has 5 nitrogen and oxygen atoms in total. The molecule has 0 amide bonds. The molecule has 1 aromatic carbocycles. The standard InChI is InChI=1S/C10H9N3O2S/c11-10-12-6-9(16-10)5-7-1-3-8(4-2-7)13(14)15/h1-4,6H,5H2,(H2,11,12). The van der Waals surface area contributed by atoms with Crippen molar-refractivity contribution in [3.63, 3.8) is 0 Å². The summed E-state index contributed by atoms with van der Waals surface area (Å²) in [5.74, 6) is 0. The number of benzene rings is 1. The number of anilines is 1. The SMILES string of the molecule is Nc1ncc(Cc2ccc([N+](=O)[O-])cc2)s1. The maximum Gasteiger partial charge on any atom is 0.269 e. The smallest absolute Gasteiger partial charge is 0.269 e. The van der Waals surface area contributed by atoms with Crippen LogP contribution in [0.4, 0.5) is 10.8 Å². The molecule has 0 saturated carbocycles. The second-order valence-corrected chi connectivity index (χ2v) is 4.41. The monoisotopic (exact) mass is 235 g/mol. The Hall–Kier alpha value is -1.95. The first-order valence-electron chi connectivity index (χ1n) is 4.58. The fourth-order valence-electron chi connectivity index (χ4n) is 1.34. The largest absolute Gasteiger partial charge is 0.375 e. The Balaban J connectivity index is 2.14. The molecular formula is C10H9N3O2S. The number of rotatable bonds is 3. The van der Waals surface area contributed by atoms with E-state index in [1.165, 1.54) is 23.5 Å². The summed E-state index contributed by atoms with van der Waals surface area (Å²) in [6, 6.07) is 6.49. The zero-order chi connectivity index (χ0) is 11.5. The van der Waals surface area contributed by atoms with Crippen molar-refractivity contribution < 1.29 is 4.92 Å². The van der Waals surface area contributed by atoms with Gasteiger partial charge in [-0.2, -0.15) is 0 Å². The van der Waals surface area contributed by atoms with E-state index in [1.807, 2.05) is 0 Å². The van der Waals surface area contributed by atoms with Crippen LogP contribution in [0, 0.1) is 10.1 Å². The zero-order valence-corrected chi connectivity index (χ0v) is 9.11. The summed E-state index contributed by atoms with van der Waals surface area (Å²) in [6.45, 7) is 0. The molecule has 2 aromatic rings. The Labute approximate surface area is 95.7 Å². The molecule has 6 heteroatoms. The number of thiazole rings is 1. The molecule has 0 spiro atoms. The van der Waals surface area contributed by atoms with Crippen LogP contribution >= 0.6 is 11.3 Å². The zero-order valence-electron chi connectivity index (χ0n) is 8.29. The Morgan fingerprint density at radius 3 is 2.56 bits per heavy atom. The van der Waals surface area contributed by atoms with Crippen LogP contribution in [-0.4, -0.2) is 9.91 Å². The first kappa shape index (κ1) is 10.6. The summed E-state index contributed by atoms with van der Waals surface area (Å²) in [5, 5.41) is 11.0. The van der Waals surface area contributed by atoms with Crippen LogP contribution in [0.2, 0.25) is 0 Å². The van der Waals surface area contributed by atoms with Crippen molar-refractivity contribution >= 4 is 22.2 Å². The highest BCUT2D eigenvalue weighted by Gasteiger charge is 2.05. The van der Waals surface area contributed by atoms with E-state index in [1.54, 1.807) is 18.3 Å². The molecule has 2 rings (SSSR count). The van der Waals surface area contributed by atoms with Gasteiger partial charge in [0.15, 0.2) is 5.13 Å². The van der Waals surface area contributed by atoms with Crippen molar-refractivity contribution in [2.24, 2.45) is 0 Å². The maximum absolute atomic E-state index is 10.5. The summed E-state index contributed by atoms with van der Waals surface area (Å²) in [5.41, 5.74) is 6.63. The second-order valence-electron chi connectivity index (χ2n) is 3.27. The molecule has 0 bridgehead atoms. The van der Waals surface area contributed by atoms with E-state index in [0.717, 1.165) is 10.4 Å². The van der Waals surface area contributed by atoms with Gasteiger partial charge in [-0.25, -0.2) is 4.98 Å². The highest BCUT2D eigenvalue weighted by molar-refractivity contribution is 7.15. The second kappa shape index (κ2) is 4.28. The van der Waals surface area contributed by atoms with Crippen LogP contribution in [0.1, 0.15) is 10.4 Å². The van der Waals surface area contributed by atoms with Gasteiger partial charge in [-0.3, -0.25) is 10.1 Å². The van der Waals surface area contributed by atoms with Crippen molar-refractivity contribution in [2.45, 2.75) is 6.42 Å². The first-order valence-corrected chi connectivity index (χ1v) is 5.40. The average molecular weight is 235 g/mol. The molecular weight excluding hydrogens is 226 g/mol. The normalized spacial score (nSPS) is 10.2. The van der Waals surface area contributed by atoms with E-state index >= 15 is 0 Å². The van der Waals surface area contributed by atoms with Gasteiger partial charge in [0.2, 0.25) is 0 Å². The van der Waals surface area contributed by atoms with Crippen LogP contribution in [0.5, 0.6) is 0 Å². The van der Waals surface area contributed by atoms with Gasteiger partial charge in [0.25, 0.3) is 5.69 Å². The summed E-state index contributed by atoms with van der Waals surface area (Å²) >= 11 is 1.43. The maximum atomic E-state index is 10.5. The molecule has 0 aliphatic carbocycles. The molecule has 0 atom stereocenters.